The van der Waals surface area contributed by atoms with Crippen LogP contribution >= 0.6 is 11.3 Å². The summed E-state index contributed by atoms with van der Waals surface area (Å²) in [6, 6.07) is 1.81. The van der Waals surface area contributed by atoms with Gasteiger partial charge in [0.05, 0.1) is 11.9 Å². The Morgan fingerprint density at radius 3 is 2.74 bits per heavy atom. The van der Waals surface area contributed by atoms with Crippen LogP contribution in [-0.2, 0) is 4.79 Å². The van der Waals surface area contributed by atoms with Crippen molar-refractivity contribution >= 4 is 34.3 Å². The molecule has 2 N–H and O–H groups in total. The molecule has 1 aromatic heterocycles. The third-order valence-corrected chi connectivity index (χ3v) is 4.96. The number of carbonyl (C=O) groups is 2. The van der Waals surface area contributed by atoms with Crippen molar-refractivity contribution in [2.24, 2.45) is 0 Å². The number of hydrogen-bond donors (Lipinski definition) is 2. The molecule has 0 spiro atoms. The van der Waals surface area contributed by atoms with Gasteiger partial charge in [-0.3, -0.25) is 4.79 Å². The predicted octanol–water partition coefficient (Wildman–Crippen LogP) is 4.61. The number of ketones is 1. The van der Waals surface area contributed by atoms with Gasteiger partial charge in [0.2, 0.25) is 0 Å². The summed E-state index contributed by atoms with van der Waals surface area (Å²) in [6.07, 6.45) is 9.02. The van der Waals surface area contributed by atoms with Crippen LogP contribution in [0.15, 0.2) is 59.7 Å². The van der Waals surface area contributed by atoms with E-state index >= 15 is 0 Å². The van der Waals surface area contributed by atoms with Crippen LogP contribution in [0.5, 0.6) is 0 Å². The lowest BCUT2D eigenvalue weighted by molar-refractivity contribution is -0.118. The van der Waals surface area contributed by atoms with Crippen LogP contribution in [0.25, 0.3) is 5.57 Å². The Balaban J connectivity index is 2.49. The van der Waals surface area contributed by atoms with E-state index in [9.17, 15) is 14.7 Å². The van der Waals surface area contributed by atoms with Crippen molar-refractivity contribution in [1.82, 2.24) is 0 Å². The number of Topliss-reactive ketones (excluding diaryl/α,β-unsaturated/α-hetero) is 1. The number of anilines is 1. The Labute approximate surface area is 161 Å². The molecule has 0 unspecified atom stereocenters. The molecule has 1 aromatic rings. The fraction of sp³-hybridized carbons (Fsp3) is 0.238. The zero-order valence-corrected chi connectivity index (χ0v) is 15.7. The molecule has 0 saturated heterocycles. The molecule has 0 radical (unpaired) electrons. The zero-order valence-electron chi connectivity index (χ0n) is 14.9. The van der Waals surface area contributed by atoms with Crippen molar-refractivity contribution in [3.05, 3.63) is 69.4 Å². The Hall–Kier alpha value is -3.22. The van der Waals surface area contributed by atoms with E-state index < -0.39 is 5.97 Å². The second-order valence-corrected chi connectivity index (χ2v) is 6.64. The third-order valence-electron chi connectivity index (χ3n) is 3.77. The van der Waals surface area contributed by atoms with E-state index in [1.54, 1.807) is 17.1 Å². The van der Waals surface area contributed by atoms with Crippen molar-refractivity contribution < 1.29 is 19.8 Å². The third kappa shape index (κ3) is 5.64. The standard InChI is InChI=1S/C21H19NO4S/c1-2-3-4-5-12-22(13-6-7-14-23)18-15-19(27-20(18)21(25)26)16-8-10-17(24)11-9-16/h2,5,8,13-15,23H,9-12H2,1H3,(H,25,26). The number of hydrogen-bond acceptors (Lipinski definition) is 5. The van der Waals surface area contributed by atoms with Gasteiger partial charge in [0, 0.05) is 24.3 Å². The summed E-state index contributed by atoms with van der Waals surface area (Å²) >= 11 is 1.18. The summed E-state index contributed by atoms with van der Waals surface area (Å²) < 4.78 is 0. The summed E-state index contributed by atoms with van der Waals surface area (Å²) in [5, 5.41) is 18.4. The summed E-state index contributed by atoms with van der Waals surface area (Å²) in [4.78, 5) is 25.9. The number of carboxylic acid groups (broad SMARTS) is 1. The average molecular weight is 381 g/mol. The molecule has 0 amide bonds. The number of rotatable bonds is 6. The molecule has 1 aliphatic rings. The van der Waals surface area contributed by atoms with Crippen LogP contribution in [-0.4, -0.2) is 28.5 Å². The maximum atomic E-state index is 11.8. The van der Waals surface area contributed by atoms with Gasteiger partial charge in [-0.15, -0.1) is 11.3 Å². The largest absolute Gasteiger partial charge is 0.507 e. The van der Waals surface area contributed by atoms with Gasteiger partial charge in [-0.05, 0) is 48.6 Å². The quantitative estimate of drug-likeness (QED) is 0.556. The second-order valence-electron chi connectivity index (χ2n) is 5.58. The van der Waals surface area contributed by atoms with Gasteiger partial charge in [-0.25, -0.2) is 4.79 Å². The number of nitrogens with zero attached hydrogens (tertiary/aromatic N) is 1. The molecular formula is C21H19NO4S. The molecule has 0 saturated carbocycles. The van der Waals surface area contributed by atoms with Gasteiger partial charge in [0.1, 0.15) is 16.9 Å². The molecule has 0 aromatic carbocycles. The minimum absolute atomic E-state index is 0.192. The first-order chi connectivity index (χ1) is 13.1. The Kier molecular flexibility index (Phi) is 7.49. The smallest absolute Gasteiger partial charge is 0.348 e. The van der Waals surface area contributed by atoms with E-state index in [2.05, 4.69) is 22.9 Å². The monoisotopic (exact) mass is 381 g/mol. The van der Waals surface area contributed by atoms with Crippen molar-refractivity contribution in [2.75, 3.05) is 11.4 Å². The van der Waals surface area contributed by atoms with Crippen LogP contribution in [0, 0.1) is 0 Å². The van der Waals surface area contributed by atoms with E-state index in [1.165, 1.54) is 17.5 Å². The van der Waals surface area contributed by atoms with Crippen LogP contribution in [0.4, 0.5) is 5.69 Å². The highest BCUT2D eigenvalue weighted by Gasteiger charge is 2.22. The highest BCUT2D eigenvalue weighted by atomic mass is 32.1. The van der Waals surface area contributed by atoms with Crippen LogP contribution in [0.1, 0.15) is 40.7 Å². The van der Waals surface area contributed by atoms with Crippen molar-refractivity contribution in [3.8, 4) is 0 Å². The lowest BCUT2D eigenvalue weighted by atomic mass is 9.97. The van der Waals surface area contributed by atoms with Gasteiger partial charge < -0.3 is 15.1 Å². The summed E-state index contributed by atoms with van der Waals surface area (Å²) in [5.74, 6) is -0.831. The van der Waals surface area contributed by atoms with E-state index in [1.807, 2.05) is 19.1 Å². The second kappa shape index (κ2) is 10.1. The molecule has 2 rings (SSSR count). The maximum absolute atomic E-state index is 11.8. The van der Waals surface area contributed by atoms with Gasteiger partial charge in [0.25, 0.3) is 0 Å². The lowest BCUT2D eigenvalue weighted by Crippen LogP contribution is -2.17. The number of aliphatic hydroxyl groups excluding tert-OH is 1. The SMILES string of the molecule is CC=C=C=CCN(C=C=C=CO)c1cc(C2=CCC(=O)CC2)sc1C(=O)O. The van der Waals surface area contributed by atoms with Crippen molar-refractivity contribution in [1.29, 1.82) is 0 Å². The number of carboxylic acids is 1. The fourth-order valence-electron chi connectivity index (χ4n) is 2.50. The number of allylic oxidation sites excluding steroid dienone is 3. The Morgan fingerprint density at radius 1 is 1.30 bits per heavy atom. The Morgan fingerprint density at radius 2 is 2.11 bits per heavy atom. The molecule has 0 bridgehead atoms. The van der Waals surface area contributed by atoms with Crippen molar-refractivity contribution in [2.45, 2.75) is 26.2 Å². The van der Waals surface area contributed by atoms with E-state index in [4.69, 9.17) is 5.11 Å². The number of thiophene rings is 1. The van der Waals surface area contributed by atoms with E-state index in [0.717, 1.165) is 16.7 Å². The summed E-state index contributed by atoms with van der Waals surface area (Å²) in [6.45, 7) is 2.17. The fourth-order valence-corrected chi connectivity index (χ4v) is 3.58. The topological polar surface area (TPSA) is 77.8 Å². The molecule has 27 heavy (non-hydrogen) atoms. The summed E-state index contributed by atoms with van der Waals surface area (Å²) in [7, 11) is 0. The first kappa shape index (κ1) is 20.1. The average Bonchev–Trinajstić information content (AvgIpc) is 3.10. The van der Waals surface area contributed by atoms with E-state index in [0.29, 0.717) is 31.5 Å². The number of aliphatic hydroxyl groups is 1. The first-order valence-corrected chi connectivity index (χ1v) is 9.14. The van der Waals surface area contributed by atoms with Gasteiger partial charge in [-0.2, -0.15) is 0 Å². The molecule has 5 nitrogen and oxygen atoms in total. The van der Waals surface area contributed by atoms with Gasteiger partial charge >= 0.3 is 5.97 Å². The lowest BCUT2D eigenvalue weighted by Gasteiger charge is -2.16. The highest BCUT2D eigenvalue weighted by molar-refractivity contribution is 7.15. The van der Waals surface area contributed by atoms with Gasteiger partial charge in [0.15, 0.2) is 0 Å². The first-order valence-electron chi connectivity index (χ1n) is 8.32. The molecule has 0 fully saturated rings. The molecule has 0 atom stereocenters. The van der Waals surface area contributed by atoms with Crippen LogP contribution in [0.2, 0.25) is 0 Å². The molecule has 1 aliphatic carbocycles. The predicted molar refractivity (Wildman–Crippen MR) is 106 cm³/mol. The number of aromatic carboxylic acids is 1. The van der Waals surface area contributed by atoms with Gasteiger partial charge in [-0.1, -0.05) is 17.5 Å². The van der Waals surface area contributed by atoms with Crippen LogP contribution in [0.3, 0.4) is 0 Å². The zero-order chi connectivity index (χ0) is 19.6. The van der Waals surface area contributed by atoms with Crippen molar-refractivity contribution in [3.63, 3.8) is 0 Å². The molecular weight excluding hydrogens is 362 g/mol. The molecule has 1 heterocycles. The normalized spacial score (nSPS) is 12.5. The minimum Gasteiger partial charge on any atom is -0.507 e. The molecule has 0 aliphatic heterocycles. The maximum Gasteiger partial charge on any atom is 0.348 e. The summed E-state index contributed by atoms with van der Waals surface area (Å²) in [5.41, 5.74) is 12.2. The van der Waals surface area contributed by atoms with E-state index in [-0.39, 0.29) is 10.7 Å². The minimum atomic E-state index is -1.03. The highest BCUT2D eigenvalue weighted by Crippen LogP contribution is 2.37. The van der Waals surface area contributed by atoms with Crippen LogP contribution < -0.4 is 4.90 Å². The number of carbonyl (C=O) groups excluding carboxylic acids is 1. The Bertz CT molecular complexity index is 956. The molecule has 6 heteroatoms. The molecule has 138 valence electrons.